The van der Waals surface area contributed by atoms with Gasteiger partial charge in [-0.3, -0.25) is 4.68 Å². The van der Waals surface area contributed by atoms with Gasteiger partial charge in [0.2, 0.25) is 0 Å². The van der Waals surface area contributed by atoms with Crippen LogP contribution in [0, 0.1) is 6.92 Å². The van der Waals surface area contributed by atoms with E-state index in [1.807, 2.05) is 46.9 Å². The molecule has 1 N–H and O–H groups in total. The molecular weight excluding hydrogens is 314 g/mol. The summed E-state index contributed by atoms with van der Waals surface area (Å²) in [6.07, 6.45) is 4.98. The van der Waals surface area contributed by atoms with E-state index < -0.39 is 0 Å². The van der Waals surface area contributed by atoms with Crippen LogP contribution in [-0.4, -0.2) is 32.2 Å². The largest absolute Gasteiger partial charge is 0.370 e. The molecule has 3 aromatic rings. The predicted octanol–water partition coefficient (Wildman–Crippen LogP) is 2.53. The Balaban J connectivity index is 1.46. The van der Waals surface area contributed by atoms with Gasteiger partial charge in [0.15, 0.2) is 0 Å². The highest BCUT2D eigenvalue weighted by atomic mass is 16.5. The number of aryl methyl sites for hydroxylation is 2. The van der Waals surface area contributed by atoms with Crippen LogP contribution in [0.1, 0.15) is 29.5 Å². The molecule has 2 aromatic heterocycles. The Labute approximate surface area is 147 Å². The maximum Gasteiger partial charge on any atom is 0.114 e. The zero-order chi connectivity index (χ0) is 17.2. The average Bonchev–Trinajstić information content (AvgIpc) is 3.34. The zero-order valence-corrected chi connectivity index (χ0v) is 14.6. The summed E-state index contributed by atoms with van der Waals surface area (Å²) < 4.78 is 9.77. The first-order chi connectivity index (χ1) is 12.2. The summed E-state index contributed by atoms with van der Waals surface area (Å²) in [5, 5.41) is 12.6. The van der Waals surface area contributed by atoms with Crippen molar-refractivity contribution in [1.82, 2.24) is 24.9 Å². The van der Waals surface area contributed by atoms with Crippen LogP contribution in [0.15, 0.2) is 48.8 Å². The molecule has 25 heavy (non-hydrogen) atoms. The van der Waals surface area contributed by atoms with E-state index in [4.69, 9.17) is 4.74 Å². The van der Waals surface area contributed by atoms with Gasteiger partial charge in [0.05, 0.1) is 17.1 Å². The molecule has 3 heterocycles. The van der Waals surface area contributed by atoms with Crippen molar-refractivity contribution in [2.24, 2.45) is 7.05 Å². The Hall–Kier alpha value is -2.44. The van der Waals surface area contributed by atoms with Gasteiger partial charge in [-0.15, -0.1) is 0 Å². The first-order valence-corrected chi connectivity index (χ1v) is 8.66. The Morgan fingerprint density at radius 2 is 2.08 bits per heavy atom. The number of nitrogens with zero attached hydrogens (tertiary/aromatic N) is 4. The standard InChI is InChI=1S/C19H23N5O/c1-14-15(13-24(22-14)16-6-4-3-5-7-16)12-20-17-9-11-25-19(17)18-8-10-21-23(18)2/h3-8,10,13,17,19-20H,9,11-12H2,1-2H3/t17-,19-/m0/s1. The van der Waals surface area contributed by atoms with Crippen molar-refractivity contribution in [2.45, 2.75) is 32.0 Å². The number of benzene rings is 1. The van der Waals surface area contributed by atoms with Crippen molar-refractivity contribution >= 4 is 0 Å². The Kier molecular flexibility index (Phi) is 4.38. The van der Waals surface area contributed by atoms with Gasteiger partial charge in [-0.25, -0.2) is 4.68 Å². The van der Waals surface area contributed by atoms with E-state index in [-0.39, 0.29) is 12.1 Å². The molecule has 4 rings (SSSR count). The molecular formula is C19H23N5O. The number of nitrogens with one attached hydrogen (secondary N) is 1. The highest BCUT2D eigenvalue weighted by molar-refractivity contribution is 5.32. The van der Waals surface area contributed by atoms with E-state index in [0.29, 0.717) is 0 Å². The minimum Gasteiger partial charge on any atom is -0.370 e. The summed E-state index contributed by atoms with van der Waals surface area (Å²) in [7, 11) is 1.96. The maximum absolute atomic E-state index is 5.94. The third-order valence-corrected chi connectivity index (χ3v) is 4.82. The Morgan fingerprint density at radius 1 is 1.24 bits per heavy atom. The quantitative estimate of drug-likeness (QED) is 0.777. The molecule has 0 bridgehead atoms. The molecule has 1 aliphatic heterocycles. The lowest BCUT2D eigenvalue weighted by molar-refractivity contribution is 0.0919. The van der Waals surface area contributed by atoms with E-state index in [1.165, 1.54) is 5.56 Å². The summed E-state index contributed by atoms with van der Waals surface area (Å²) in [6.45, 7) is 3.61. The van der Waals surface area contributed by atoms with Crippen LogP contribution in [0.4, 0.5) is 0 Å². The molecule has 130 valence electrons. The fourth-order valence-corrected chi connectivity index (χ4v) is 3.38. The summed E-state index contributed by atoms with van der Waals surface area (Å²) in [6, 6.07) is 12.5. The molecule has 0 radical (unpaired) electrons. The highest BCUT2D eigenvalue weighted by Gasteiger charge is 2.31. The van der Waals surface area contributed by atoms with Crippen molar-refractivity contribution in [1.29, 1.82) is 0 Å². The molecule has 1 saturated heterocycles. The number of aromatic nitrogens is 4. The molecule has 1 aromatic carbocycles. The van der Waals surface area contributed by atoms with Crippen LogP contribution < -0.4 is 5.32 Å². The lowest BCUT2D eigenvalue weighted by Gasteiger charge is -2.20. The summed E-state index contributed by atoms with van der Waals surface area (Å²) in [5.74, 6) is 0. The SMILES string of the molecule is Cc1nn(-c2ccccc2)cc1CN[C@H]1CCO[C@@H]1c1ccnn1C. The van der Waals surface area contributed by atoms with Gasteiger partial charge in [0.1, 0.15) is 6.10 Å². The first kappa shape index (κ1) is 16.1. The fraction of sp³-hybridized carbons (Fsp3) is 0.368. The van der Waals surface area contributed by atoms with Crippen molar-refractivity contribution in [3.8, 4) is 5.69 Å². The van der Waals surface area contributed by atoms with Gasteiger partial charge in [-0.05, 0) is 31.5 Å². The minimum atomic E-state index is 0.0528. The van der Waals surface area contributed by atoms with Gasteiger partial charge >= 0.3 is 0 Å². The van der Waals surface area contributed by atoms with Crippen LogP contribution in [0.5, 0.6) is 0 Å². The van der Waals surface area contributed by atoms with Gasteiger partial charge in [-0.2, -0.15) is 10.2 Å². The monoisotopic (exact) mass is 337 g/mol. The van der Waals surface area contributed by atoms with Crippen LogP contribution in [0.25, 0.3) is 5.69 Å². The number of para-hydroxylation sites is 1. The molecule has 1 aliphatic rings. The zero-order valence-electron chi connectivity index (χ0n) is 14.6. The molecule has 0 saturated carbocycles. The second-order valence-electron chi connectivity index (χ2n) is 6.47. The number of hydrogen-bond acceptors (Lipinski definition) is 4. The molecule has 6 nitrogen and oxygen atoms in total. The van der Waals surface area contributed by atoms with Gasteiger partial charge < -0.3 is 10.1 Å². The van der Waals surface area contributed by atoms with Crippen molar-refractivity contribution < 1.29 is 4.74 Å². The van der Waals surface area contributed by atoms with Crippen LogP contribution >= 0.6 is 0 Å². The second kappa shape index (κ2) is 6.82. The normalized spacial score (nSPS) is 20.2. The van der Waals surface area contributed by atoms with Crippen LogP contribution in [0.2, 0.25) is 0 Å². The molecule has 0 aliphatic carbocycles. The molecule has 6 heteroatoms. The third-order valence-electron chi connectivity index (χ3n) is 4.82. The smallest absolute Gasteiger partial charge is 0.114 e. The van der Waals surface area contributed by atoms with E-state index >= 15 is 0 Å². The van der Waals surface area contributed by atoms with E-state index in [0.717, 1.165) is 36.6 Å². The van der Waals surface area contributed by atoms with E-state index in [2.05, 4.69) is 40.8 Å². The number of rotatable bonds is 5. The predicted molar refractivity (Wildman–Crippen MR) is 95.4 cm³/mol. The minimum absolute atomic E-state index is 0.0528. The van der Waals surface area contributed by atoms with Crippen LogP contribution in [0.3, 0.4) is 0 Å². The van der Waals surface area contributed by atoms with Crippen molar-refractivity contribution in [2.75, 3.05) is 6.61 Å². The molecule has 1 fully saturated rings. The molecule has 0 spiro atoms. The topological polar surface area (TPSA) is 56.9 Å². The lowest BCUT2D eigenvalue weighted by atomic mass is 10.1. The molecule has 0 amide bonds. The van der Waals surface area contributed by atoms with E-state index in [9.17, 15) is 0 Å². The Bertz CT molecular complexity index is 839. The third kappa shape index (κ3) is 3.23. The highest BCUT2D eigenvalue weighted by Crippen LogP contribution is 2.29. The number of hydrogen-bond donors (Lipinski definition) is 1. The molecule has 0 unspecified atom stereocenters. The maximum atomic E-state index is 5.94. The van der Waals surface area contributed by atoms with Crippen LogP contribution in [-0.2, 0) is 18.3 Å². The van der Waals surface area contributed by atoms with Gasteiger partial charge in [-0.1, -0.05) is 18.2 Å². The lowest BCUT2D eigenvalue weighted by Crippen LogP contribution is -2.32. The summed E-state index contributed by atoms with van der Waals surface area (Å²) in [4.78, 5) is 0. The number of ether oxygens (including phenoxy) is 1. The molecule has 2 atom stereocenters. The summed E-state index contributed by atoms with van der Waals surface area (Å²) >= 11 is 0. The van der Waals surface area contributed by atoms with Gasteiger partial charge in [0.25, 0.3) is 0 Å². The average molecular weight is 337 g/mol. The second-order valence-corrected chi connectivity index (χ2v) is 6.47. The fourth-order valence-electron chi connectivity index (χ4n) is 3.38. The van der Waals surface area contributed by atoms with Crippen molar-refractivity contribution in [3.05, 3.63) is 65.7 Å². The first-order valence-electron chi connectivity index (χ1n) is 8.66. The Morgan fingerprint density at radius 3 is 2.84 bits per heavy atom. The summed E-state index contributed by atoms with van der Waals surface area (Å²) in [5.41, 5.74) is 4.45. The van der Waals surface area contributed by atoms with Gasteiger partial charge in [0, 0.05) is 44.2 Å². The van der Waals surface area contributed by atoms with Crippen molar-refractivity contribution in [3.63, 3.8) is 0 Å². The van der Waals surface area contributed by atoms with E-state index in [1.54, 1.807) is 0 Å².